The van der Waals surface area contributed by atoms with Gasteiger partial charge in [-0.15, -0.1) is 0 Å². The van der Waals surface area contributed by atoms with E-state index in [1.165, 1.54) is 103 Å². The number of fused-ring (bicyclic) bond motifs is 5. The molecule has 5 aliphatic carbocycles. The van der Waals surface area contributed by atoms with Gasteiger partial charge in [-0.25, -0.2) is 0 Å². The average molecular weight is 471 g/mol. The molecular weight excluding hydrogens is 412 g/mol. The van der Waals surface area contributed by atoms with E-state index in [0.717, 1.165) is 60.2 Å². The van der Waals surface area contributed by atoms with Gasteiger partial charge in [0.05, 0.1) is 6.10 Å². The number of rotatable bonds is 7. The highest BCUT2D eigenvalue weighted by molar-refractivity contribution is 5.09. The van der Waals surface area contributed by atoms with Crippen LogP contribution in [-0.2, 0) is 0 Å². The zero-order chi connectivity index (χ0) is 23.9. The lowest BCUT2D eigenvalue weighted by Crippen LogP contribution is -2.54. The van der Waals surface area contributed by atoms with Crippen molar-refractivity contribution >= 4 is 0 Å². The van der Waals surface area contributed by atoms with Crippen LogP contribution in [0.1, 0.15) is 143 Å². The summed E-state index contributed by atoms with van der Waals surface area (Å²) in [5, 5.41) is 10.3. The van der Waals surface area contributed by atoms with Crippen LogP contribution in [0.2, 0.25) is 0 Å². The minimum atomic E-state index is -0.00840. The van der Waals surface area contributed by atoms with Crippen molar-refractivity contribution in [1.82, 2.24) is 0 Å². The molecule has 0 heterocycles. The fourth-order valence-corrected chi connectivity index (χ4v) is 11.4. The Morgan fingerprint density at radius 1 is 0.794 bits per heavy atom. The van der Waals surface area contributed by atoms with Crippen LogP contribution < -0.4 is 0 Å². The van der Waals surface area contributed by atoms with Gasteiger partial charge in [-0.05, 0) is 122 Å². The van der Waals surface area contributed by atoms with Gasteiger partial charge in [-0.2, -0.15) is 0 Å². The summed E-state index contributed by atoms with van der Waals surface area (Å²) in [6, 6.07) is 0. The van der Waals surface area contributed by atoms with Crippen LogP contribution in [-0.4, -0.2) is 11.2 Å². The van der Waals surface area contributed by atoms with Crippen LogP contribution >= 0.6 is 0 Å². The Bertz CT molecular complexity index is 671. The van der Waals surface area contributed by atoms with E-state index < -0.39 is 0 Å². The standard InChI is InChI=1S/C33H58O/c1-5-6-9-24-10-7-8-11-25(24)13-12-23(2)29-16-17-30-28-15-14-26-22-27(34)18-20-32(26,3)31(28)19-21-33(29,30)4/h23-31,34H,5-22H2,1-4H3/t23-,24?,25?,26?,27+,28+,29-,30+,31+,32+,33-/m1/s1. The number of unbranched alkanes of at least 4 members (excludes halogenated alkanes) is 1. The van der Waals surface area contributed by atoms with Gasteiger partial charge >= 0.3 is 0 Å². The Kier molecular flexibility index (Phi) is 7.81. The van der Waals surface area contributed by atoms with Crippen molar-refractivity contribution in [3.05, 3.63) is 0 Å². The molecule has 0 saturated heterocycles. The van der Waals surface area contributed by atoms with Crippen LogP contribution in [0.5, 0.6) is 0 Å². The van der Waals surface area contributed by atoms with Crippen molar-refractivity contribution in [2.45, 2.75) is 149 Å². The zero-order valence-electron chi connectivity index (χ0n) is 23.4. The normalized spacial score (nSPS) is 49.7. The summed E-state index contributed by atoms with van der Waals surface area (Å²) in [5.74, 6) is 7.74. The van der Waals surface area contributed by atoms with Gasteiger partial charge in [0.1, 0.15) is 0 Å². The topological polar surface area (TPSA) is 20.2 Å². The van der Waals surface area contributed by atoms with Gasteiger partial charge in [0.2, 0.25) is 0 Å². The molecule has 5 saturated carbocycles. The highest BCUT2D eigenvalue weighted by Gasteiger charge is 2.60. The first-order valence-corrected chi connectivity index (χ1v) is 16.0. The first-order chi connectivity index (χ1) is 16.4. The lowest BCUT2D eigenvalue weighted by Gasteiger charge is -2.61. The minimum absolute atomic E-state index is 0.00840. The second-order valence-electron chi connectivity index (χ2n) is 14.8. The SMILES string of the molecule is CCCCC1CCCCC1CC[C@@H](C)[C@H]1CC[C@H]2[C@@H]3CCC4C[C@@H](O)CC[C@]4(C)[C@H]3CC[C@]12C. The molecule has 1 nitrogen and oxygen atoms in total. The summed E-state index contributed by atoms with van der Waals surface area (Å²) < 4.78 is 0. The first-order valence-electron chi connectivity index (χ1n) is 16.0. The molecule has 34 heavy (non-hydrogen) atoms. The molecule has 0 bridgehead atoms. The maximum absolute atomic E-state index is 10.3. The van der Waals surface area contributed by atoms with Gasteiger partial charge in [0.15, 0.2) is 0 Å². The van der Waals surface area contributed by atoms with Crippen LogP contribution in [0.25, 0.3) is 0 Å². The Morgan fingerprint density at radius 2 is 1.50 bits per heavy atom. The van der Waals surface area contributed by atoms with Gasteiger partial charge in [-0.1, -0.05) is 79.1 Å². The lowest BCUT2D eigenvalue weighted by molar-refractivity contribution is -0.129. The van der Waals surface area contributed by atoms with Crippen LogP contribution in [0.4, 0.5) is 0 Å². The van der Waals surface area contributed by atoms with Crippen molar-refractivity contribution in [2.24, 2.45) is 58.2 Å². The van der Waals surface area contributed by atoms with E-state index in [4.69, 9.17) is 0 Å². The Balaban J connectivity index is 1.22. The third-order valence-corrected chi connectivity index (χ3v) is 13.4. The van der Waals surface area contributed by atoms with E-state index in [1.807, 2.05) is 0 Å². The maximum atomic E-state index is 10.3. The first kappa shape index (κ1) is 25.6. The number of hydrogen-bond donors (Lipinski definition) is 1. The minimum Gasteiger partial charge on any atom is -0.393 e. The maximum Gasteiger partial charge on any atom is 0.0543 e. The quantitative estimate of drug-likeness (QED) is 0.393. The predicted molar refractivity (Wildman–Crippen MR) is 145 cm³/mol. The average Bonchev–Trinajstić information content (AvgIpc) is 3.19. The molecule has 0 aromatic carbocycles. The van der Waals surface area contributed by atoms with Crippen LogP contribution in [0.3, 0.4) is 0 Å². The highest BCUT2D eigenvalue weighted by atomic mass is 16.3. The van der Waals surface area contributed by atoms with E-state index in [9.17, 15) is 5.11 Å². The summed E-state index contributed by atoms with van der Waals surface area (Å²) in [5.41, 5.74) is 1.15. The van der Waals surface area contributed by atoms with Crippen LogP contribution in [0, 0.1) is 58.2 Å². The number of aliphatic hydroxyl groups is 1. The third-order valence-electron chi connectivity index (χ3n) is 13.4. The number of aliphatic hydroxyl groups excluding tert-OH is 1. The van der Waals surface area contributed by atoms with Crippen molar-refractivity contribution < 1.29 is 5.11 Å². The van der Waals surface area contributed by atoms with Crippen molar-refractivity contribution in [2.75, 3.05) is 0 Å². The molecule has 0 aromatic rings. The Labute approximate surface area is 212 Å². The fourth-order valence-electron chi connectivity index (χ4n) is 11.4. The summed E-state index contributed by atoms with van der Waals surface area (Å²) in [6.45, 7) is 10.4. The summed E-state index contributed by atoms with van der Waals surface area (Å²) >= 11 is 0. The van der Waals surface area contributed by atoms with Crippen molar-refractivity contribution in [3.8, 4) is 0 Å². The largest absolute Gasteiger partial charge is 0.393 e. The molecule has 1 N–H and O–H groups in total. The second-order valence-corrected chi connectivity index (χ2v) is 14.8. The van der Waals surface area contributed by atoms with Gasteiger partial charge in [-0.3, -0.25) is 0 Å². The molecule has 0 amide bonds. The molecule has 196 valence electrons. The van der Waals surface area contributed by atoms with Crippen molar-refractivity contribution in [1.29, 1.82) is 0 Å². The molecule has 5 fully saturated rings. The summed E-state index contributed by atoms with van der Waals surface area (Å²) in [7, 11) is 0. The molecule has 3 unspecified atom stereocenters. The molecule has 0 aliphatic heterocycles. The van der Waals surface area contributed by atoms with Gasteiger partial charge in [0, 0.05) is 0 Å². The molecule has 0 aromatic heterocycles. The number of hydrogen-bond acceptors (Lipinski definition) is 1. The third kappa shape index (κ3) is 4.56. The van der Waals surface area contributed by atoms with E-state index in [2.05, 4.69) is 27.7 Å². The lowest BCUT2D eigenvalue weighted by atomic mass is 9.44. The van der Waals surface area contributed by atoms with Crippen LogP contribution in [0.15, 0.2) is 0 Å². The summed E-state index contributed by atoms with van der Waals surface area (Å²) in [4.78, 5) is 0. The van der Waals surface area contributed by atoms with E-state index in [0.29, 0.717) is 10.8 Å². The monoisotopic (exact) mass is 470 g/mol. The Morgan fingerprint density at radius 3 is 2.26 bits per heavy atom. The fraction of sp³-hybridized carbons (Fsp3) is 1.00. The summed E-state index contributed by atoms with van der Waals surface area (Å²) in [6.07, 6.45) is 25.8. The molecule has 1 heteroatoms. The predicted octanol–water partition coefficient (Wildman–Crippen LogP) is 9.42. The molecule has 11 atom stereocenters. The smallest absolute Gasteiger partial charge is 0.0543 e. The van der Waals surface area contributed by atoms with Crippen molar-refractivity contribution in [3.63, 3.8) is 0 Å². The molecular formula is C33H58O. The second kappa shape index (κ2) is 10.4. The Hall–Kier alpha value is -0.0400. The van der Waals surface area contributed by atoms with Gasteiger partial charge in [0.25, 0.3) is 0 Å². The van der Waals surface area contributed by atoms with Gasteiger partial charge < -0.3 is 5.11 Å². The van der Waals surface area contributed by atoms with E-state index >= 15 is 0 Å². The molecule has 5 rings (SSSR count). The molecule has 0 spiro atoms. The van der Waals surface area contributed by atoms with E-state index in [-0.39, 0.29) is 6.10 Å². The zero-order valence-corrected chi connectivity index (χ0v) is 23.4. The molecule has 0 radical (unpaired) electrons. The molecule has 5 aliphatic rings. The van der Waals surface area contributed by atoms with E-state index in [1.54, 1.807) is 0 Å². The highest BCUT2D eigenvalue weighted by Crippen LogP contribution is 2.68.